The summed E-state index contributed by atoms with van der Waals surface area (Å²) in [7, 11) is 0. The first-order valence-electron chi connectivity index (χ1n) is 8.69. The van der Waals surface area contributed by atoms with Crippen LogP contribution in [0.4, 0.5) is 10.6 Å². The second kappa shape index (κ2) is 7.19. The molecule has 2 heterocycles. The van der Waals surface area contributed by atoms with Crippen molar-refractivity contribution in [1.29, 1.82) is 0 Å². The molecule has 8 heteroatoms. The number of aromatic nitrogens is 2. The van der Waals surface area contributed by atoms with E-state index in [2.05, 4.69) is 15.5 Å². The Kier molecular flexibility index (Phi) is 4.73. The maximum Gasteiger partial charge on any atom is 0.432 e. The summed E-state index contributed by atoms with van der Waals surface area (Å²) in [4.78, 5) is 17.5. The second-order valence-corrected chi connectivity index (χ2v) is 7.03. The zero-order chi connectivity index (χ0) is 18.9. The molecule has 27 heavy (non-hydrogen) atoms. The number of fused-ring (bicyclic) bond motifs is 1. The summed E-state index contributed by atoms with van der Waals surface area (Å²) >= 11 is 6.03. The normalized spacial score (nSPS) is 17.0. The molecule has 140 valence electrons. The number of hydrogen-bond donors (Lipinski definition) is 3. The standard InChI is InChI=1S/C19H19ClN4O3/c20-14-5-3-4-13(12-14)19(26)8-10-24(11-9-19)27-18(25)21-17-15-6-1-2-7-16(15)22-23-17/h1-7,12,26H,8-11H2,(H2,21,22,23,25). The van der Waals surface area contributed by atoms with Crippen LogP contribution in [-0.2, 0) is 10.4 Å². The van der Waals surface area contributed by atoms with Crippen LogP contribution in [0.3, 0.4) is 0 Å². The van der Waals surface area contributed by atoms with Gasteiger partial charge in [-0.2, -0.15) is 5.10 Å². The second-order valence-electron chi connectivity index (χ2n) is 6.59. The largest absolute Gasteiger partial charge is 0.432 e. The molecule has 1 saturated heterocycles. The molecule has 0 saturated carbocycles. The summed E-state index contributed by atoms with van der Waals surface area (Å²) in [5, 5.41) is 23.4. The minimum Gasteiger partial charge on any atom is -0.385 e. The number of nitrogens with one attached hydrogen (secondary N) is 2. The van der Waals surface area contributed by atoms with Crippen LogP contribution in [0.1, 0.15) is 18.4 Å². The van der Waals surface area contributed by atoms with Crippen molar-refractivity contribution in [3.8, 4) is 0 Å². The van der Waals surface area contributed by atoms with Crippen LogP contribution in [-0.4, -0.2) is 39.5 Å². The smallest absolute Gasteiger partial charge is 0.385 e. The van der Waals surface area contributed by atoms with E-state index in [1.54, 1.807) is 17.2 Å². The Labute approximate surface area is 160 Å². The zero-order valence-corrected chi connectivity index (χ0v) is 15.2. The van der Waals surface area contributed by atoms with E-state index in [4.69, 9.17) is 16.4 Å². The number of rotatable bonds is 3. The zero-order valence-electron chi connectivity index (χ0n) is 14.5. The summed E-state index contributed by atoms with van der Waals surface area (Å²) in [5.74, 6) is 0.419. The predicted molar refractivity (Wildman–Crippen MR) is 102 cm³/mol. The average molecular weight is 387 g/mol. The molecule has 2 aromatic carbocycles. The predicted octanol–water partition coefficient (Wildman–Crippen LogP) is 3.66. The van der Waals surface area contributed by atoms with Crippen LogP contribution < -0.4 is 5.32 Å². The highest BCUT2D eigenvalue weighted by molar-refractivity contribution is 6.30. The highest BCUT2D eigenvalue weighted by atomic mass is 35.5. The molecule has 1 aliphatic heterocycles. The number of halogens is 1. The van der Waals surface area contributed by atoms with Crippen LogP contribution in [0.15, 0.2) is 48.5 Å². The Morgan fingerprint density at radius 2 is 2.00 bits per heavy atom. The third kappa shape index (κ3) is 3.75. The molecule has 3 N–H and O–H groups in total. The first kappa shape index (κ1) is 17.8. The number of hydroxylamine groups is 2. The molecule has 0 radical (unpaired) electrons. The van der Waals surface area contributed by atoms with Crippen molar-refractivity contribution >= 4 is 34.4 Å². The first-order chi connectivity index (χ1) is 13.0. The molecule has 1 aliphatic rings. The van der Waals surface area contributed by atoms with Gasteiger partial charge in [0.25, 0.3) is 0 Å². The van der Waals surface area contributed by atoms with E-state index < -0.39 is 11.7 Å². The third-order valence-electron chi connectivity index (χ3n) is 4.81. The fourth-order valence-electron chi connectivity index (χ4n) is 3.31. The van der Waals surface area contributed by atoms with Crippen LogP contribution in [0, 0.1) is 0 Å². The fraction of sp³-hybridized carbons (Fsp3) is 0.263. The van der Waals surface area contributed by atoms with Gasteiger partial charge in [0.2, 0.25) is 0 Å². The quantitative estimate of drug-likeness (QED) is 0.639. The van der Waals surface area contributed by atoms with Crippen molar-refractivity contribution < 1.29 is 14.7 Å². The van der Waals surface area contributed by atoms with Gasteiger partial charge < -0.3 is 9.94 Å². The molecule has 0 unspecified atom stereocenters. The number of benzene rings is 2. The lowest BCUT2D eigenvalue weighted by atomic mass is 9.85. The Balaban J connectivity index is 1.35. The van der Waals surface area contributed by atoms with Gasteiger partial charge in [-0.15, -0.1) is 5.06 Å². The van der Waals surface area contributed by atoms with E-state index in [0.717, 1.165) is 16.5 Å². The Bertz CT molecular complexity index is 966. The minimum absolute atomic E-state index is 0.414. The Morgan fingerprint density at radius 1 is 1.22 bits per heavy atom. The van der Waals surface area contributed by atoms with Crippen LogP contribution in [0.2, 0.25) is 5.02 Å². The van der Waals surface area contributed by atoms with Gasteiger partial charge in [-0.1, -0.05) is 35.9 Å². The molecule has 0 spiro atoms. The summed E-state index contributed by atoms with van der Waals surface area (Å²) in [5.41, 5.74) is 0.638. The van der Waals surface area contributed by atoms with Crippen LogP contribution in [0.25, 0.3) is 10.9 Å². The number of aliphatic hydroxyl groups is 1. The van der Waals surface area contributed by atoms with Gasteiger partial charge >= 0.3 is 6.09 Å². The number of nitrogens with zero attached hydrogens (tertiary/aromatic N) is 2. The van der Waals surface area contributed by atoms with Crippen molar-refractivity contribution in [1.82, 2.24) is 15.3 Å². The van der Waals surface area contributed by atoms with E-state index in [0.29, 0.717) is 36.8 Å². The minimum atomic E-state index is -0.973. The summed E-state index contributed by atoms with van der Waals surface area (Å²) in [6.45, 7) is 0.829. The molecule has 0 aliphatic carbocycles. The number of piperidine rings is 1. The maximum atomic E-state index is 12.2. The van der Waals surface area contributed by atoms with Crippen LogP contribution >= 0.6 is 11.6 Å². The van der Waals surface area contributed by atoms with Gasteiger partial charge in [0.05, 0.1) is 11.1 Å². The van der Waals surface area contributed by atoms with Gasteiger partial charge in [-0.05, 0) is 42.7 Å². The van der Waals surface area contributed by atoms with Crippen molar-refractivity contribution in [3.63, 3.8) is 0 Å². The number of hydrogen-bond acceptors (Lipinski definition) is 5. The highest BCUT2D eigenvalue weighted by Gasteiger charge is 2.35. The SMILES string of the molecule is O=C(Nc1n[nH]c2ccccc12)ON1CCC(O)(c2cccc(Cl)c2)CC1. The monoisotopic (exact) mass is 386 g/mol. The molecule has 0 atom stereocenters. The van der Waals surface area contributed by atoms with Crippen molar-refractivity contribution in [3.05, 3.63) is 59.1 Å². The molecule has 1 aromatic heterocycles. The van der Waals surface area contributed by atoms with Crippen LogP contribution in [0.5, 0.6) is 0 Å². The summed E-state index contributed by atoms with van der Waals surface area (Å²) < 4.78 is 0. The Morgan fingerprint density at radius 3 is 2.78 bits per heavy atom. The van der Waals surface area contributed by atoms with E-state index in [-0.39, 0.29) is 0 Å². The van der Waals surface area contributed by atoms with E-state index in [1.165, 1.54) is 0 Å². The lowest BCUT2D eigenvalue weighted by Gasteiger charge is -2.37. The average Bonchev–Trinajstić information content (AvgIpc) is 3.07. The van der Waals surface area contributed by atoms with Crippen molar-refractivity contribution in [2.24, 2.45) is 0 Å². The van der Waals surface area contributed by atoms with E-state index in [9.17, 15) is 9.90 Å². The molecule has 1 fully saturated rings. The maximum absolute atomic E-state index is 12.2. The molecule has 4 rings (SSSR count). The third-order valence-corrected chi connectivity index (χ3v) is 5.05. The lowest BCUT2D eigenvalue weighted by Crippen LogP contribution is -2.43. The summed E-state index contributed by atoms with van der Waals surface area (Å²) in [6.07, 6.45) is 0.262. The lowest BCUT2D eigenvalue weighted by molar-refractivity contribution is -0.148. The highest BCUT2D eigenvalue weighted by Crippen LogP contribution is 2.34. The Hall–Kier alpha value is -2.61. The fourth-order valence-corrected chi connectivity index (χ4v) is 3.50. The molecule has 1 amide bonds. The van der Waals surface area contributed by atoms with Crippen molar-refractivity contribution in [2.45, 2.75) is 18.4 Å². The number of para-hydroxylation sites is 1. The van der Waals surface area contributed by atoms with Crippen molar-refractivity contribution in [2.75, 3.05) is 18.4 Å². The number of carbonyl (C=O) groups is 1. The first-order valence-corrected chi connectivity index (χ1v) is 9.07. The molecular formula is C19H19ClN4O3. The van der Waals surface area contributed by atoms with E-state index in [1.807, 2.05) is 36.4 Å². The molecule has 0 bridgehead atoms. The van der Waals surface area contributed by atoms with Gasteiger partial charge in [0, 0.05) is 23.5 Å². The summed E-state index contributed by atoms with van der Waals surface area (Å²) in [6, 6.07) is 14.7. The topological polar surface area (TPSA) is 90.5 Å². The van der Waals surface area contributed by atoms with Gasteiger partial charge in [0.15, 0.2) is 5.82 Å². The van der Waals surface area contributed by atoms with Gasteiger partial charge in [-0.3, -0.25) is 10.4 Å². The van der Waals surface area contributed by atoms with E-state index >= 15 is 0 Å². The molecular weight excluding hydrogens is 368 g/mol. The number of amides is 1. The molecule has 3 aromatic rings. The number of aromatic amines is 1. The number of anilines is 1. The van der Waals surface area contributed by atoms with Gasteiger partial charge in [0.1, 0.15) is 0 Å². The molecule has 7 nitrogen and oxygen atoms in total. The number of H-pyrrole nitrogens is 1. The van der Waals surface area contributed by atoms with Gasteiger partial charge in [-0.25, -0.2) is 4.79 Å². The number of carbonyl (C=O) groups excluding carboxylic acids is 1.